The molecule has 1 aromatic heterocycles. The van der Waals surface area contributed by atoms with Crippen molar-refractivity contribution in [1.29, 1.82) is 0 Å². The van der Waals surface area contributed by atoms with Gasteiger partial charge in [-0.3, -0.25) is 4.79 Å². The molecule has 0 fully saturated rings. The third-order valence-electron chi connectivity index (χ3n) is 4.45. The molecule has 1 amide bonds. The van der Waals surface area contributed by atoms with Crippen LogP contribution in [0.15, 0.2) is 48.5 Å². The van der Waals surface area contributed by atoms with Gasteiger partial charge in [0.15, 0.2) is 0 Å². The van der Waals surface area contributed by atoms with Crippen LogP contribution in [-0.2, 0) is 6.42 Å². The van der Waals surface area contributed by atoms with Gasteiger partial charge in [-0.2, -0.15) is 0 Å². The minimum absolute atomic E-state index is 0.103. The van der Waals surface area contributed by atoms with Crippen LogP contribution in [0.3, 0.4) is 0 Å². The molecular formula is C22H24N2OS. The smallest absolute Gasteiger partial charge is 0.267 e. The summed E-state index contributed by atoms with van der Waals surface area (Å²) >= 11 is 1.44. The average molecular weight is 365 g/mol. The Kier molecular flexibility index (Phi) is 5.52. The molecule has 1 heterocycles. The summed E-state index contributed by atoms with van der Waals surface area (Å²) in [5, 5.41) is 3.86. The quantitative estimate of drug-likeness (QED) is 0.598. The maximum absolute atomic E-state index is 12.7. The van der Waals surface area contributed by atoms with E-state index in [-0.39, 0.29) is 5.91 Å². The maximum atomic E-state index is 12.7. The molecule has 3 nitrogen and oxygen atoms in total. The van der Waals surface area contributed by atoms with Crippen molar-refractivity contribution in [2.24, 2.45) is 0 Å². The van der Waals surface area contributed by atoms with Crippen molar-refractivity contribution in [2.45, 2.75) is 40.0 Å². The van der Waals surface area contributed by atoms with Crippen molar-refractivity contribution >= 4 is 22.9 Å². The molecule has 1 N–H and O–H groups in total. The third-order valence-corrected chi connectivity index (χ3v) is 5.65. The zero-order valence-corrected chi connectivity index (χ0v) is 16.5. The van der Waals surface area contributed by atoms with E-state index in [4.69, 9.17) is 0 Å². The lowest BCUT2D eigenvalue weighted by atomic mass is 10.0. The molecule has 4 heteroatoms. The van der Waals surface area contributed by atoms with Crippen LogP contribution in [0.2, 0.25) is 0 Å². The van der Waals surface area contributed by atoms with Gasteiger partial charge in [-0.25, -0.2) is 4.98 Å². The molecule has 26 heavy (non-hydrogen) atoms. The Morgan fingerprint density at radius 1 is 1.08 bits per heavy atom. The van der Waals surface area contributed by atoms with E-state index in [2.05, 4.69) is 67.5 Å². The van der Waals surface area contributed by atoms with E-state index in [1.165, 1.54) is 22.5 Å². The van der Waals surface area contributed by atoms with Crippen molar-refractivity contribution in [3.8, 4) is 10.6 Å². The SMILES string of the molecule is CCc1ccc(-c2nc(C)c(C(=O)Nc3ccc(C(C)C)cc3)s2)cc1. The molecule has 0 aliphatic heterocycles. The summed E-state index contributed by atoms with van der Waals surface area (Å²) in [6, 6.07) is 16.4. The fourth-order valence-electron chi connectivity index (χ4n) is 2.75. The molecule has 134 valence electrons. The van der Waals surface area contributed by atoms with Crippen molar-refractivity contribution in [1.82, 2.24) is 4.98 Å². The third kappa shape index (κ3) is 4.02. The van der Waals surface area contributed by atoms with E-state index in [0.717, 1.165) is 28.4 Å². The molecule has 0 aliphatic carbocycles. The Labute approximate surface area is 159 Å². The number of aromatic nitrogens is 1. The van der Waals surface area contributed by atoms with E-state index in [0.29, 0.717) is 10.8 Å². The van der Waals surface area contributed by atoms with Gasteiger partial charge in [0, 0.05) is 11.3 Å². The lowest BCUT2D eigenvalue weighted by molar-refractivity contribution is 0.103. The number of nitrogens with one attached hydrogen (secondary N) is 1. The van der Waals surface area contributed by atoms with Gasteiger partial charge in [-0.05, 0) is 42.5 Å². The van der Waals surface area contributed by atoms with Gasteiger partial charge in [-0.15, -0.1) is 11.3 Å². The molecular weight excluding hydrogens is 340 g/mol. The predicted octanol–water partition coefficient (Wildman–Crippen LogP) is 6.06. The first-order valence-corrected chi connectivity index (χ1v) is 9.77. The molecule has 0 unspecified atom stereocenters. The van der Waals surface area contributed by atoms with Crippen LogP contribution >= 0.6 is 11.3 Å². The van der Waals surface area contributed by atoms with Gasteiger partial charge >= 0.3 is 0 Å². The van der Waals surface area contributed by atoms with Crippen LogP contribution in [0.5, 0.6) is 0 Å². The van der Waals surface area contributed by atoms with Crippen molar-refractivity contribution in [2.75, 3.05) is 5.32 Å². The fraction of sp³-hybridized carbons (Fsp3) is 0.273. The van der Waals surface area contributed by atoms with Crippen molar-refractivity contribution in [3.63, 3.8) is 0 Å². The van der Waals surface area contributed by atoms with Crippen LogP contribution in [0.1, 0.15) is 53.2 Å². The summed E-state index contributed by atoms with van der Waals surface area (Å²) in [6.07, 6.45) is 1.01. The first-order chi connectivity index (χ1) is 12.5. The number of benzene rings is 2. The highest BCUT2D eigenvalue weighted by Crippen LogP contribution is 2.29. The van der Waals surface area contributed by atoms with E-state index in [1.807, 2.05) is 19.1 Å². The number of rotatable bonds is 5. The number of anilines is 1. The average Bonchev–Trinajstić information content (AvgIpc) is 3.04. The van der Waals surface area contributed by atoms with Crippen LogP contribution < -0.4 is 5.32 Å². The zero-order valence-electron chi connectivity index (χ0n) is 15.7. The number of nitrogens with zero attached hydrogens (tertiary/aromatic N) is 1. The molecule has 3 aromatic rings. The second kappa shape index (κ2) is 7.83. The van der Waals surface area contributed by atoms with Gasteiger partial charge in [-0.1, -0.05) is 57.2 Å². The number of hydrogen-bond donors (Lipinski definition) is 1. The first kappa shape index (κ1) is 18.3. The van der Waals surface area contributed by atoms with E-state index >= 15 is 0 Å². The molecule has 3 rings (SSSR count). The summed E-state index contributed by atoms with van der Waals surface area (Å²) in [4.78, 5) is 17.9. The second-order valence-corrected chi connectivity index (χ2v) is 7.71. The molecule has 0 radical (unpaired) electrons. The number of amides is 1. The second-order valence-electron chi connectivity index (χ2n) is 6.71. The van der Waals surface area contributed by atoms with Crippen LogP contribution in [0.4, 0.5) is 5.69 Å². The van der Waals surface area contributed by atoms with Gasteiger partial charge in [0.05, 0.1) is 5.69 Å². The highest BCUT2D eigenvalue weighted by molar-refractivity contribution is 7.17. The van der Waals surface area contributed by atoms with Crippen LogP contribution in [0.25, 0.3) is 10.6 Å². The highest BCUT2D eigenvalue weighted by atomic mass is 32.1. The van der Waals surface area contributed by atoms with E-state index < -0.39 is 0 Å². The minimum Gasteiger partial charge on any atom is -0.321 e. The molecule has 0 bridgehead atoms. The maximum Gasteiger partial charge on any atom is 0.267 e. The summed E-state index contributed by atoms with van der Waals surface area (Å²) < 4.78 is 0. The lowest BCUT2D eigenvalue weighted by Crippen LogP contribution is -2.11. The van der Waals surface area contributed by atoms with Crippen LogP contribution in [-0.4, -0.2) is 10.9 Å². The molecule has 2 aromatic carbocycles. The zero-order chi connectivity index (χ0) is 18.7. The molecule has 0 atom stereocenters. The normalized spacial score (nSPS) is 11.0. The summed E-state index contributed by atoms with van der Waals surface area (Å²) in [5.41, 5.74) is 5.18. The molecule has 0 spiro atoms. The minimum atomic E-state index is -0.103. The fourth-order valence-corrected chi connectivity index (χ4v) is 3.72. The van der Waals surface area contributed by atoms with Gasteiger partial charge < -0.3 is 5.32 Å². The topological polar surface area (TPSA) is 42.0 Å². The lowest BCUT2D eigenvalue weighted by Gasteiger charge is -2.08. The number of aryl methyl sites for hydroxylation is 2. The molecule has 0 aliphatic rings. The van der Waals surface area contributed by atoms with Crippen LogP contribution in [0, 0.1) is 6.92 Å². The van der Waals surface area contributed by atoms with E-state index in [1.54, 1.807) is 0 Å². The monoisotopic (exact) mass is 364 g/mol. The largest absolute Gasteiger partial charge is 0.321 e. The van der Waals surface area contributed by atoms with Crippen molar-refractivity contribution < 1.29 is 4.79 Å². The number of carbonyl (C=O) groups excluding carboxylic acids is 1. The molecule has 0 saturated heterocycles. The van der Waals surface area contributed by atoms with Crippen molar-refractivity contribution in [3.05, 3.63) is 70.2 Å². The Bertz CT molecular complexity index is 893. The molecule has 0 saturated carbocycles. The highest BCUT2D eigenvalue weighted by Gasteiger charge is 2.16. The Balaban J connectivity index is 1.78. The van der Waals surface area contributed by atoms with Gasteiger partial charge in [0.2, 0.25) is 0 Å². The van der Waals surface area contributed by atoms with Gasteiger partial charge in [0.1, 0.15) is 9.88 Å². The predicted molar refractivity (Wildman–Crippen MR) is 110 cm³/mol. The Morgan fingerprint density at radius 3 is 2.31 bits per heavy atom. The first-order valence-electron chi connectivity index (χ1n) is 8.96. The summed E-state index contributed by atoms with van der Waals surface area (Å²) in [5.74, 6) is 0.374. The summed E-state index contributed by atoms with van der Waals surface area (Å²) in [6.45, 7) is 8.33. The summed E-state index contributed by atoms with van der Waals surface area (Å²) in [7, 11) is 0. The Hall–Kier alpha value is -2.46. The van der Waals surface area contributed by atoms with Gasteiger partial charge in [0.25, 0.3) is 5.91 Å². The van der Waals surface area contributed by atoms with E-state index in [9.17, 15) is 4.79 Å². The number of thiazole rings is 1. The Morgan fingerprint density at radius 2 is 1.73 bits per heavy atom. The number of carbonyl (C=O) groups is 1. The standard InChI is InChI=1S/C22H24N2OS/c1-5-16-6-8-18(9-7-16)22-23-15(4)20(26-22)21(25)24-19-12-10-17(11-13-19)14(2)3/h6-14H,5H2,1-4H3,(H,24,25). The number of hydrogen-bond acceptors (Lipinski definition) is 3.